The van der Waals surface area contributed by atoms with Crippen molar-refractivity contribution in [3.8, 4) is 0 Å². The highest BCUT2D eigenvalue weighted by Crippen LogP contribution is 2.18. The van der Waals surface area contributed by atoms with Crippen LogP contribution in [0.3, 0.4) is 0 Å². The number of carbonyl (C=O) groups is 1. The largest absolute Gasteiger partial charge is 0.462 e. The minimum atomic E-state index is -0.275. The zero-order valence-electron chi connectivity index (χ0n) is 12.0. The fraction of sp³-hybridized carbons (Fsp3) is 0.933. The molecule has 17 heavy (non-hydrogen) atoms. The topological polar surface area (TPSA) is 26.3 Å². The molecule has 0 N–H and O–H groups in total. The summed E-state index contributed by atoms with van der Waals surface area (Å²) in [5, 5.41) is 0. The van der Waals surface area contributed by atoms with Crippen LogP contribution in [0.5, 0.6) is 0 Å². The van der Waals surface area contributed by atoms with Gasteiger partial charge < -0.3 is 4.74 Å². The van der Waals surface area contributed by atoms with Crippen LogP contribution in [-0.2, 0) is 9.53 Å². The first-order valence-electron chi connectivity index (χ1n) is 7.24. The zero-order chi connectivity index (χ0) is 13.0. The summed E-state index contributed by atoms with van der Waals surface area (Å²) >= 11 is 0. The van der Waals surface area contributed by atoms with Crippen molar-refractivity contribution in [2.75, 3.05) is 0 Å². The Morgan fingerprint density at radius 2 is 1.35 bits per heavy atom. The lowest BCUT2D eigenvalue weighted by Gasteiger charge is -2.22. The third-order valence-corrected chi connectivity index (χ3v) is 3.25. The van der Waals surface area contributed by atoms with Gasteiger partial charge in [0.15, 0.2) is 0 Å². The maximum Gasteiger partial charge on any atom is 0.293 e. The van der Waals surface area contributed by atoms with Gasteiger partial charge in [-0.3, -0.25) is 4.79 Å². The Bertz CT molecular complexity index is 176. The number of carbonyl (C=O) groups excluding carboxylic acids is 1. The van der Waals surface area contributed by atoms with E-state index in [1.165, 1.54) is 51.4 Å². The van der Waals surface area contributed by atoms with E-state index in [2.05, 4.69) is 6.92 Å². The normalized spacial score (nSPS) is 11.5. The molecule has 0 heterocycles. The molecular formula is C15H30O2. The molecule has 0 aliphatic rings. The molecule has 0 amide bonds. The van der Waals surface area contributed by atoms with Crippen LogP contribution in [0.15, 0.2) is 0 Å². The Morgan fingerprint density at radius 1 is 0.882 bits per heavy atom. The molecule has 0 saturated heterocycles. The summed E-state index contributed by atoms with van der Waals surface area (Å²) in [4.78, 5) is 10.3. The summed E-state index contributed by atoms with van der Waals surface area (Å²) in [5.41, 5.74) is -0.275. The van der Waals surface area contributed by atoms with Gasteiger partial charge in [-0.2, -0.15) is 0 Å². The highest BCUT2D eigenvalue weighted by molar-refractivity contribution is 5.38. The van der Waals surface area contributed by atoms with Gasteiger partial charge in [0.2, 0.25) is 0 Å². The second-order valence-corrected chi connectivity index (χ2v) is 5.55. The smallest absolute Gasteiger partial charge is 0.293 e. The maximum absolute atomic E-state index is 10.3. The van der Waals surface area contributed by atoms with Crippen molar-refractivity contribution in [1.82, 2.24) is 0 Å². The van der Waals surface area contributed by atoms with E-state index in [0.29, 0.717) is 6.47 Å². The van der Waals surface area contributed by atoms with Crippen LogP contribution >= 0.6 is 0 Å². The minimum absolute atomic E-state index is 0.275. The predicted molar refractivity (Wildman–Crippen MR) is 73.1 cm³/mol. The molecule has 0 bridgehead atoms. The van der Waals surface area contributed by atoms with Crippen molar-refractivity contribution in [3.63, 3.8) is 0 Å². The lowest BCUT2D eigenvalue weighted by Crippen LogP contribution is -2.23. The first-order chi connectivity index (χ1) is 8.12. The SMILES string of the molecule is CCCCCCCCCCCC(C)(C)OC=O. The van der Waals surface area contributed by atoms with Gasteiger partial charge in [-0.1, -0.05) is 58.3 Å². The molecule has 0 radical (unpaired) electrons. The molecule has 0 aliphatic carbocycles. The first kappa shape index (κ1) is 16.5. The Labute approximate surface area is 107 Å². The first-order valence-corrected chi connectivity index (χ1v) is 7.24. The Morgan fingerprint density at radius 3 is 1.82 bits per heavy atom. The van der Waals surface area contributed by atoms with Crippen molar-refractivity contribution in [2.24, 2.45) is 0 Å². The fourth-order valence-corrected chi connectivity index (χ4v) is 2.05. The van der Waals surface area contributed by atoms with Crippen LogP contribution in [0.1, 0.15) is 85.0 Å². The highest BCUT2D eigenvalue weighted by atomic mass is 16.5. The molecule has 0 aliphatic heterocycles. The molecule has 102 valence electrons. The Balaban J connectivity index is 3.20. The average molecular weight is 242 g/mol. The van der Waals surface area contributed by atoms with Crippen molar-refractivity contribution >= 4 is 6.47 Å². The Kier molecular flexibility index (Phi) is 10.3. The number of unbranched alkanes of at least 4 members (excludes halogenated alkanes) is 8. The summed E-state index contributed by atoms with van der Waals surface area (Å²) in [5.74, 6) is 0. The Hall–Kier alpha value is -0.530. The van der Waals surface area contributed by atoms with Crippen molar-refractivity contribution in [2.45, 2.75) is 90.6 Å². The van der Waals surface area contributed by atoms with Gasteiger partial charge in [0.1, 0.15) is 5.60 Å². The number of hydrogen-bond donors (Lipinski definition) is 0. The molecule has 2 nitrogen and oxygen atoms in total. The van der Waals surface area contributed by atoms with Gasteiger partial charge >= 0.3 is 0 Å². The molecule has 2 heteroatoms. The van der Waals surface area contributed by atoms with Gasteiger partial charge in [0.25, 0.3) is 6.47 Å². The van der Waals surface area contributed by atoms with E-state index in [1.54, 1.807) is 0 Å². The fourth-order valence-electron chi connectivity index (χ4n) is 2.05. The summed E-state index contributed by atoms with van der Waals surface area (Å²) < 4.78 is 5.02. The number of ether oxygens (including phenoxy) is 1. The molecule has 0 fully saturated rings. The minimum Gasteiger partial charge on any atom is -0.462 e. The van der Waals surface area contributed by atoms with Gasteiger partial charge in [-0.25, -0.2) is 0 Å². The van der Waals surface area contributed by atoms with Crippen LogP contribution in [0.2, 0.25) is 0 Å². The molecule has 0 aromatic rings. The van der Waals surface area contributed by atoms with Crippen LogP contribution in [-0.4, -0.2) is 12.1 Å². The molecule has 0 aromatic heterocycles. The summed E-state index contributed by atoms with van der Waals surface area (Å²) in [6, 6.07) is 0. The monoisotopic (exact) mass is 242 g/mol. The van der Waals surface area contributed by atoms with Gasteiger partial charge in [-0.05, 0) is 26.7 Å². The molecular weight excluding hydrogens is 212 g/mol. The zero-order valence-corrected chi connectivity index (χ0v) is 12.0. The highest BCUT2D eigenvalue weighted by Gasteiger charge is 2.17. The molecule has 0 aromatic carbocycles. The second kappa shape index (κ2) is 10.6. The van der Waals surface area contributed by atoms with E-state index in [9.17, 15) is 4.79 Å². The van der Waals surface area contributed by atoms with E-state index in [0.717, 1.165) is 12.8 Å². The standard InChI is InChI=1S/C15H30O2/c1-4-5-6-7-8-9-10-11-12-13-15(2,3)17-14-16/h14H,4-13H2,1-3H3. The average Bonchev–Trinajstić information content (AvgIpc) is 2.27. The lowest BCUT2D eigenvalue weighted by atomic mass is 9.99. The predicted octanol–water partition coefficient (Wildman–Crippen LogP) is 4.86. The van der Waals surface area contributed by atoms with E-state index < -0.39 is 0 Å². The third kappa shape index (κ3) is 11.7. The third-order valence-electron chi connectivity index (χ3n) is 3.25. The van der Waals surface area contributed by atoms with Crippen LogP contribution in [0.4, 0.5) is 0 Å². The molecule has 0 rings (SSSR count). The molecule has 0 unspecified atom stereocenters. The van der Waals surface area contributed by atoms with E-state index in [1.807, 2.05) is 13.8 Å². The molecule has 0 saturated carbocycles. The van der Waals surface area contributed by atoms with E-state index >= 15 is 0 Å². The van der Waals surface area contributed by atoms with Crippen molar-refractivity contribution in [1.29, 1.82) is 0 Å². The quantitative estimate of drug-likeness (QED) is 0.361. The van der Waals surface area contributed by atoms with E-state index in [-0.39, 0.29) is 5.60 Å². The molecule has 0 atom stereocenters. The maximum atomic E-state index is 10.3. The summed E-state index contributed by atoms with van der Waals surface area (Å²) in [6.45, 7) is 6.77. The van der Waals surface area contributed by atoms with Gasteiger partial charge in [0.05, 0.1) is 0 Å². The van der Waals surface area contributed by atoms with Gasteiger partial charge in [-0.15, -0.1) is 0 Å². The molecule has 0 spiro atoms. The lowest BCUT2D eigenvalue weighted by molar-refractivity contribution is -0.140. The van der Waals surface area contributed by atoms with Crippen LogP contribution in [0.25, 0.3) is 0 Å². The number of hydrogen-bond acceptors (Lipinski definition) is 2. The number of rotatable bonds is 12. The van der Waals surface area contributed by atoms with Crippen molar-refractivity contribution < 1.29 is 9.53 Å². The van der Waals surface area contributed by atoms with Crippen molar-refractivity contribution in [3.05, 3.63) is 0 Å². The van der Waals surface area contributed by atoms with E-state index in [4.69, 9.17) is 4.74 Å². The van der Waals surface area contributed by atoms with Gasteiger partial charge in [0, 0.05) is 0 Å². The van der Waals surface area contributed by atoms with Crippen LogP contribution in [0, 0.1) is 0 Å². The summed E-state index contributed by atoms with van der Waals surface area (Å²) in [6.07, 6.45) is 13.0. The second-order valence-electron chi connectivity index (χ2n) is 5.55. The van der Waals surface area contributed by atoms with Crippen LogP contribution < -0.4 is 0 Å². The summed E-state index contributed by atoms with van der Waals surface area (Å²) in [7, 11) is 0.